The summed E-state index contributed by atoms with van der Waals surface area (Å²) in [6, 6.07) is 15.3. The quantitative estimate of drug-likeness (QED) is 0.385. The average molecular weight is 493 g/mol. The molecule has 4 rings (SSSR count). The van der Waals surface area contributed by atoms with Crippen molar-refractivity contribution in [2.75, 3.05) is 5.32 Å². The summed E-state index contributed by atoms with van der Waals surface area (Å²) in [6.07, 6.45) is 2.81. The van der Waals surface area contributed by atoms with Gasteiger partial charge in [0.05, 0.1) is 18.3 Å². The highest BCUT2D eigenvalue weighted by Crippen LogP contribution is 2.24. The van der Waals surface area contributed by atoms with Crippen LogP contribution in [0.5, 0.6) is 11.5 Å². The molecule has 0 fully saturated rings. The molecule has 0 aliphatic carbocycles. The van der Waals surface area contributed by atoms with E-state index < -0.39 is 17.3 Å². The summed E-state index contributed by atoms with van der Waals surface area (Å²) in [5, 5.41) is 3.61. The van der Waals surface area contributed by atoms with Gasteiger partial charge in [0.1, 0.15) is 11.5 Å². The largest absolute Gasteiger partial charge is 0.456 e. The van der Waals surface area contributed by atoms with Crippen LogP contribution in [0.25, 0.3) is 0 Å². The summed E-state index contributed by atoms with van der Waals surface area (Å²) in [7, 11) is 0. The number of carbonyl (C=O) groups is 1. The Hall–Kier alpha value is -4.44. The first-order chi connectivity index (χ1) is 16.8. The molecule has 0 spiro atoms. The Kier molecular flexibility index (Phi) is 6.93. The summed E-state index contributed by atoms with van der Waals surface area (Å²) >= 11 is 5.97. The molecular weight excluding hydrogens is 472 g/mol. The number of nitrogens with two attached hydrogens (primary N) is 1. The monoisotopic (exact) mass is 492 g/mol. The van der Waals surface area contributed by atoms with Crippen molar-refractivity contribution in [2.45, 2.75) is 20.0 Å². The van der Waals surface area contributed by atoms with Crippen LogP contribution < -0.4 is 27.2 Å². The lowest BCUT2D eigenvalue weighted by molar-refractivity contribution is 0.0999. The molecule has 0 atom stereocenters. The van der Waals surface area contributed by atoms with Crippen LogP contribution in [0.3, 0.4) is 0 Å². The van der Waals surface area contributed by atoms with Crippen LogP contribution in [-0.2, 0) is 13.1 Å². The van der Waals surface area contributed by atoms with E-state index in [-0.39, 0.29) is 24.6 Å². The minimum absolute atomic E-state index is 0.103. The van der Waals surface area contributed by atoms with E-state index >= 15 is 0 Å². The first-order valence-corrected chi connectivity index (χ1v) is 11.0. The lowest BCUT2D eigenvalue weighted by atomic mass is 10.2. The average Bonchev–Trinajstić information content (AvgIpc) is 2.84. The zero-order valence-corrected chi connectivity index (χ0v) is 19.4. The number of ether oxygens (including phenoxy) is 1. The van der Waals surface area contributed by atoms with Gasteiger partial charge in [-0.3, -0.25) is 14.3 Å². The first-order valence-electron chi connectivity index (χ1n) is 10.6. The summed E-state index contributed by atoms with van der Waals surface area (Å²) in [5.41, 5.74) is 5.77. The molecule has 2 aromatic carbocycles. The van der Waals surface area contributed by atoms with Gasteiger partial charge >= 0.3 is 11.4 Å². The molecule has 0 aliphatic heterocycles. The second-order valence-electron chi connectivity index (χ2n) is 7.48. The van der Waals surface area contributed by atoms with E-state index in [0.717, 1.165) is 10.1 Å². The van der Waals surface area contributed by atoms with Crippen molar-refractivity contribution in [3.05, 3.63) is 104 Å². The van der Waals surface area contributed by atoms with Crippen LogP contribution in [-0.4, -0.2) is 25.0 Å². The van der Waals surface area contributed by atoms with Gasteiger partial charge in [0.2, 0.25) is 11.9 Å². The number of rotatable bonds is 8. The summed E-state index contributed by atoms with van der Waals surface area (Å²) in [4.78, 5) is 44.7. The number of nitrogens with zero attached hydrogens (tertiary/aromatic N) is 4. The van der Waals surface area contributed by atoms with Gasteiger partial charge in [-0.25, -0.2) is 14.2 Å². The van der Waals surface area contributed by atoms with Crippen LogP contribution in [0.1, 0.15) is 22.8 Å². The molecule has 2 aromatic heterocycles. The molecule has 0 bridgehead atoms. The van der Waals surface area contributed by atoms with Crippen molar-refractivity contribution in [3.8, 4) is 11.5 Å². The van der Waals surface area contributed by atoms with Crippen LogP contribution in [0.4, 0.5) is 11.6 Å². The van der Waals surface area contributed by atoms with Crippen molar-refractivity contribution >= 4 is 29.1 Å². The second kappa shape index (κ2) is 10.2. The molecule has 4 aromatic rings. The van der Waals surface area contributed by atoms with E-state index in [0.29, 0.717) is 22.2 Å². The number of nitrogens with one attached hydrogen (secondary N) is 1. The Labute approximate surface area is 204 Å². The van der Waals surface area contributed by atoms with E-state index in [1.807, 2.05) is 0 Å². The molecule has 0 saturated heterocycles. The standard InChI is InChI=1S/C24H21ClN6O4/c1-2-30-23(33)29-22(31(24(30)34)14-15-3-5-17(25)6-4-15)28-18-7-9-19(10-8-18)35-20-11-16(21(26)32)12-27-13-20/h3-13H,2,14H2,1H3,(H2,26,32)(H,28,29,33). The molecule has 0 aliphatic rings. The molecule has 1 amide bonds. The Morgan fingerprint density at radius 1 is 1.03 bits per heavy atom. The number of amides is 1. The Bertz CT molecular complexity index is 1480. The number of hydrogen-bond acceptors (Lipinski definition) is 7. The van der Waals surface area contributed by atoms with Gasteiger partial charge in [-0.2, -0.15) is 4.98 Å². The maximum absolute atomic E-state index is 13.0. The third-order valence-corrected chi connectivity index (χ3v) is 5.32. The maximum atomic E-state index is 13.0. The predicted molar refractivity (Wildman–Crippen MR) is 132 cm³/mol. The molecular formula is C24H21ClN6O4. The Morgan fingerprint density at radius 3 is 2.40 bits per heavy atom. The van der Waals surface area contributed by atoms with Crippen molar-refractivity contribution in [2.24, 2.45) is 5.73 Å². The molecule has 10 nitrogen and oxygen atoms in total. The van der Waals surface area contributed by atoms with Crippen LogP contribution in [0, 0.1) is 0 Å². The van der Waals surface area contributed by atoms with E-state index in [9.17, 15) is 14.4 Å². The van der Waals surface area contributed by atoms with E-state index in [2.05, 4.69) is 15.3 Å². The van der Waals surface area contributed by atoms with Gasteiger partial charge in [0, 0.05) is 23.5 Å². The van der Waals surface area contributed by atoms with Gasteiger partial charge < -0.3 is 15.8 Å². The summed E-state index contributed by atoms with van der Waals surface area (Å²) in [6.45, 7) is 2.09. The number of hydrogen-bond donors (Lipinski definition) is 2. The minimum Gasteiger partial charge on any atom is -0.456 e. The van der Waals surface area contributed by atoms with Crippen LogP contribution in [0.15, 0.2) is 76.6 Å². The fourth-order valence-corrected chi connectivity index (χ4v) is 3.42. The van der Waals surface area contributed by atoms with Crippen molar-refractivity contribution in [3.63, 3.8) is 0 Å². The molecule has 35 heavy (non-hydrogen) atoms. The summed E-state index contributed by atoms with van der Waals surface area (Å²) < 4.78 is 8.17. The van der Waals surface area contributed by atoms with Crippen molar-refractivity contribution < 1.29 is 9.53 Å². The lowest BCUT2D eigenvalue weighted by Gasteiger charge is -2.15. The molecule has 0 saturated carbocycles. The van der Waals surface area contributed by atoms with Crippen LogP contribution >= 0.6 is 11.6 Å². The molecule has 2 heterocycles. The van der Waals surface area contributed by atoms with Crippen molar-refractivity contribution in [1.82, 2.24) is 19.1 Å². The number of pyridine rings is 1. The van der Waals surface area contributed by atoms with Gasteiger partial charge in [0.25, 0.3) is 0 Å². The van der Waals surface area contributed by atoms with E-state index in [1.54, 1.807) is 55.5 Å². The zero-order chi connectivity index (χ0) is 24.9. The summed E-state index contributed by atoms with van der Waals surface area (Å²) in [5.74, 6) is 0.326. The number of carbonyl (C=O) groups excluding carboxylic acids is 1. The molecule has 0 unspecified atom stereocenters. The SMILES string of the molecule is CCn1c(=O)nc(Nc2ccc(Oc3cncc(C(N)=O)c3)cc2)n(Cc2ccc(Cl)cc2)c1=O. The number of benzene rings is 2. The first kappa shape index (κ1) is 23.7. The smallest absolute Gasteiger partial charge is 0.354 e. The van der Waals surface area contributed by atoms with Gasteiger partial charge in [-0.15, -0.1) is 0 Å². The Balaban J connectivity index is 1.60. The van der Waals surface area contributed by atoms with Gasteiger partial charge in [-0.05, 0) is 55.0 Å². The highest BCUT2D eigenvalue weighted by atomic mass is 35.5. The predicted octanol–water partition coefficient (Wildman–Crippen LogP) is 3.16. The zero-order valence-electron chi connectivity index (χ0n) is 18.6. The Morgan fingerprint density at radius 2 is 1.74 bits per heavy atom. The van der Waals surface area contributed by atoms with E-state index in [4.69, 9.17) is 22.1 Å². The lowest BCUT2D eigenvalue weighted by Crippen LogP contribution is -2.42. The molecule has 11 heteroatoms. The third kappa shape index (κ3) is 5.56. The van der Waals surface area contributed by atoms with Crippen molar-refractivity contribution in [1.29, 1.82) is 0 Å². The van der Waals surface area contributed by atoms with E-state index in [1.165, 1.54) is 23.0 Å². The molecule has 3 N–H and O–H groups in total. The topological polar surface area (TPSA) is 134 Å². The maximum Gasteiger partial charge on any atom is 0.354 e. The van der Waals surface area contributed by atoms with Crippen LogP contribution in [0.2, 0.25) is 5.02 Å². The highest BCUT2D eigenvalue weighted by Gasteiger charge is 2.13. The highest BCUT2D eigenvalue weighted by molar-refractivity contribution is 6.30. The number of halogens is 1. The normalized spacial score (nSPS) is 10.7. The fraction of sp³-hybridized carbons (Fsp3) is 0.125. The number of primary amides is 1. The molecule has 0 radical (unpaired) electrons. The third-order valence-electron chi connectivity index (χ3n) is 5.06. The second-order valence-corrected chi connectivity index (χ2v) is 7.92. The minimum atomic E-state index is -0.644. The number of anilines is 2. The fourth-order valence-electron chi connectivity index (χ4n) is 3.29. The number of aromatic nitrogens is 4. The molecule has 178 valence electrons. The van der Waals surface area contributed by atoms with Gasteiger partial charge in [0.15, 0.2) is 0 Å². The van der Waals surface area contributed by atoms with Gasteiger partial charge in [-0.1, -0.05) is 23.7 Å².